The standard InChI is InChI=1S/C11H19N3O2/c1-15-7-4-9-13-10(16-14-9)8-11(12)5-2-3-6-11/h2-8,12H2,1H3. The molecule has 0 atom stereocenters. The van der Waals surface area contributed by atoms with Crippen LogP contribution in [0.15, 0.2) is 4.52 Å². The van der Waals surface area contributed by atoms with E-state index in [9.17, 15) is 0 Å². The van der Waals surface area contributed by atoms with Gasteiger partial charge in [-0.15, -0.1) is 0 Å². The van der Waals surface area contributed by atoms with Crippen LogP contribution in [0.4, 0.5) is 0 Å². The van der Waals surface area contributed by atoms with Gasteiger partial charge in [0.25, 0.3) is 0 Å². The van der Waals surface area contributed by atoms with Crippen molar-refractivity contribution >= 4 is 0 Å². The van der Waals surface area contributed by atoms with Gasteiger partial charge >= 0.3 is 0 Å². The molecule has 16 heavy (non-hydrogen) atoms. The molecule has 0 aliphatic heterocycles. The number of nitrogens with zero attached hydrogens (tertiary/aromatic N) is 2. The van der Waals surface area contributed by atoms with Gasteiger partial charge in [-0.05, 0) is 12.8 Å². The zero-order valence-corrected chi connectivity index (χ0v) is 9.74. The van der Waals surface area contributed by atoms with Crippen molar-refractivity contribution in [2.75, 3.05) is 13.7 Å². The first-order valence-corrected chi connectivity index (χ1v) is 5.81. The molecule has 5 nitrogen and oxygen atoms in total. The highest BCUT2D eigenvalue weighted by Gasteiger charge is 2.31. The van der Waals surface area contributed by atoms with Gasteiger partial charge in [0.2, 0.25) is 5.89 Å². The monoisotopic (exact) mass is 225 g/mol. The van der Waals surface area contributed by atoms with E-state index in [2.05, 4.69) is 10.1 Å². The largest absolute Gasteiger partial charge is 0.384 e. The van der Waals surface area contributed by atoms with E-state index < -0.39 is 0 Å². The number of ether oxygens (including phenoxy) is 1. The number of aromatic nitrogens is 2. The summed E-state index contributed by atoms with van der Waals surface area (Å²) >= 11 is 0. The van der Waals surface area contributed by atoms with Crippen LogP contribution < -0.4 is 5.73 Å². The molecule has 0 unspecified atom stereocenters. The molecule has 0 bridgehead atoms. The molecule has 1 saturated carbocycles. The van der Waals surface area contributed by atoms with Crippen molar-refractivity contribution < 1.29 is 9.26 Å². The maximum absolute atomic E-state index is 6.25. The highest BCUT2D eigenvalue weighted by Crippen LogP contribution is 2.29. The van der Waals surface area contributed by atoms with Crippen molar-refractivity contribution in [3.63, 3.8) is 0 Å². The predicted octanol–water partition coefficient (Wildman–Crippen LogP) is 1.07. The Morgan fingerprint density at radius 2 is 2.19 bits per heavy atom. The van der Waals surface area contributed by atoms with Crippen LogP contribution in [0.1, 0.15) is 37.4 Å². The Kier molecular flexibility index (Phi) is 3.56. The van der Waals surface area contributed by atoms with E-state index in [1.54, 1.807) is 7.11 Å². The Balaban J connectivity index is 1.91. The normalized spacial score (nSPS) is 19.1. The quantitative estimate of drug-likeness (QED) is 0.811. The Morgan fingerprint density at radius 1 is 1.44 bits per heavy atom. The summed E-state index contributed by atoms with van der Waals surface area (Å²) in [5, 5.41) is 3.91. The fraction of sp³-hybridized carbons (Fsp3) is 0.818. The van der Waals surface area contributed by atoms with E-state index in [4.69, 9.17) is 15.0 Å². The summed E-state index contributed by atoms with van der Waals surface area (Å²) in [5.41, 5.74) is 6.13. The molecular weight excluding hydrogens is 206 g/mol. The van der Waals surface area contributed by atoms with Crippen molar-refractivity contribution in [1.29, 1.82) is 0 Å². The minimum atomic E-state index is -0.120. The summed E-state index contributed by atoms with van der Waals surface area (Å²) in [6.07, 6.45) is 5.93. The third-order valence-electron chi connectivity index (χ3n) is 3.14. The van der Waals surface area contributed by atoms with Crippen molar-refractivity contribution in [1.82, 2.24) is 10.1 Å². The highest BCUT2D eigenvalue weighted by atomic mass is 16.5. The predicted molar refractivity (Wildman–Crippen MR) is 59.0 cm³/mol. The van der Waals surface area contributed by atoms with E-state index in [0.29, 0.717) is 31.2 Å². The van der Waals surface area contributed by atoms with Gasteiger partial charge in [0.1, 0.15) is 0 Å². The third-order valence-corrected chi connectivity index (χ3v) is 3.14. The minimum absolute atomic E-state index is 0.120. The van der Waals surface area contributed by atoms with Crippen molar-refractivity contribution in [3.8, 4) is 0 Å². The fourth-order valence-electron chi connectivity index (χ4n) is 2.21. The van der Waals surface area contributed by atoms with Crippen LogP contribution >= 0.6 is 0 Å². The Hall–Kier alpha value is -0.940. The zero-order valence-electron chi connectivity index (χ0n) is 9.74. The van der Waals surface area contributed by atoms with Gasteiger partial charge in [-0.25, -0.2) is 0 Å². The van der Waals surface area contributed by atoms with Crippen LogP contribution in [0.3, 0.4) is 0 Å². The van der Waals surface area contributed by atoms with Crippen LogP contribution in [0.25, 0.3) is 0 Å². The van der Waals surface area contributed by atoms with Gasteiger partial charge in [-0.2, -0.15) is 4.98 Å². The summed E-state index contributed by atoms with van der Waals surface area (Å²) in [6, 6.07) is 0. The second kappa shape index (κ2) is 4.93. The van der Waals surface area contributed by atoms with Crippen LogP contribution in [-0.2, 0) is 17.6 Å². The van der Waals surface area contributed by atoms with Gasteiger partial charge in [0.05, 0.1) is 6.61 Å². The Morgan fingerprint density at radius 3 is 2.88 bits per heavy atom. The molecule has 0 aromatic carbocycles. The zero-order chi connectivity index (χ0) is 11.4. The molecule has 0 saturated heterocycles. The molecule has 1 fully saturated rings. The van der Waals surface area contributed by atoms with Crippen molar-refractivity contribution in [2.24, 2.45) is 5.73 Å². The SMILES string of the molecule is COCCc1noc(CC2(N)CCCC2)n1. The molecule has 0 spiro atoms. The molecule has 0 radical (unpaired) electrons. The minimum Gasteiger partial charge on any atom is -0.384 e. The molecule has 1 aromatic rings. The summed E-state index contributed by atoms with van der Waals surface area (Å²) < 4.78 is 10.2. The first kappa shape index (κ1) is 11.5. The molecule has 1 aliphatic carbocycles. The van der Waals surface area contributed by atoms with E-state index >= 15 is 0 Å². The molecular formula is C11H19N3O2. The van der Waals surface area contributed by atoms with Gasteiger partial charge in [-0.3, -0.25) is 0 Å². The molecule has 1 aliphatic rings. The van der Waals surface area contributed by atoms with Gasteiger partial charge in [0, 0.05) is 25.5 Å². The van der Waals surface area contributed by atoms with E-state index in [0.717, 1.165) is 12.8 Å². The average molecular weight is 225 g/mol. The van der Waals surface area contributed by atoms with Gasteiger partial charge < -0.3 is 15.0 Å². The number of hydrogen-bond acceptors (Lipinski definition) is 5. The maximum atomic E-state index is 6.25. The van der Waals surface area contributed by atoms with Crippen molar-refractivity contribution in [2.45, 2.75) is 44.1 Å². The summed E-state index contributed by atoms with van der Waals surface area (Å²) in [5.74, 6) is 1.37. The first-order chi connectivity index (χ1) is 7.72. The number of methoxy groups -OCH3 is 1. The Labute approximate surface area is 95.3 Å². The molecule has 1 heterocycles. The van der Waals surface area contributed by atoms with Gasteiger partial charge in [-0.1, -0.05) is 18.0 Å². The van der Waals surface area contributed by atoms with Crippen LogP contribution in [0.5, 0.6) is 0 Å². The summed E-state index contributed by atoms with van der Waals surface area (Å²) in [7, 11) is 1.66. The topological polar surface area (TPSA) is 74.2 Å². The van der Waals surface area contributed by atoms with Crippen molar-refractivity contribution in [3.05, 3.63) is 11.7 Å². The second-order valence-corrected chi connectivity index (χ2v) is 4.59. The lowest BCUT2D eigenvalue weighted by atomic mass is 9.95. The lowest BCUT2D eigenvalue weighted by Crippen LogP contribution is -2.38. The lowest BCUT2D eigenvalue weighted by molar-refractivity contribution is 0.199. The van der Waals surface area contributed by atoms with Crippen LogP contribution in [0, 0.1) is 0 Å². The van der Waals surface area contributed by atoms with Crippen LogP contribution in [-0.4, -0.2) is 29.4 Å². The number of rotatable bonds is 5. The second-order valence-electron chi connectivity index (χ2n) is 4.59. The fourth-order valence-corrected chi connectivity index (χ4v) is 2.21. The first-order valence-electron chi connectivity index (χ1n) is 5.81. The smallest absolute Gasteiger partial charge is 0.228 e. The molecule has 2 N–H and O–H groups in total. The summed E-state index contributed by atoms with van der Waals surface area (Å²) in [6.45, 7) is 0.618. The highest BCUT2D eigenvalue weighted by molar-refractivity contribution is 4.98. The van der Waals surface area contributed by atoms with E-state index in [1.807, 2.05) is 0 Å². The molecule has 90 valence electrons. The molecule has 0 amide bonds. The molecule has 1 aromatic heterocycles. The lowest BCUT2D eigenvalue weighted by Gasteiger charge is -2.20. The summed E-state index contributed by atoms with van der Waals surface area (Å²) in [4.78, 5) is 4.32. The number of hydrogen-bond donors (Lipinski definition) is 1. The van der Waals surface area contributed by atoms with E-state index in [-0.39, 0.29) is 5.54 Å². The third kappa shape index (κ3) is 2.80. The van der Waals surface area contributed by atoms with Crippen LogP contribution in [0.2, 0.25) is 0 Å². The average Bonchev–Trinajstić information content (AvgIpc) is 2.85. The maximum Gasteiger partial charge on any atom is 0.228 e. The van der Waals surface area contributed by atoms with E-state index in [1.165, 1.54) is 12.8 Å². The Bertz CT molecular complexity index is 332. The molecule has 5 heteroatoms. The number of nitrogens with two attached hydrogens (primary N) is 1. The van der Waals surface area contributed by atoms with Gasteiger partial charge in [0.15, 0.2) is 5.82 Å². The molecule has 2 rings (SSSR count).